The number of rotatable bonds is 8. The van der Waals surface area contributed by atoms with Gasteiger partial charge in [-0.1, -0.05) is 91.0 Å². The van der Waals surface area contributed by atoms with E-state index in [1.165, 1.54) is 5.56 Å². The normalized spacial score (nSPS) is 11.4. The van der Waals surface area contributed by atoms with Crippen molar-refractivity contribution in [2.24, 2.45) is 0 Å². The summed E-state index contributed by atoms with van der Waals surface area (Å²) in [5.74, 6) is -0.454. The lowest BCUT2D eigenvalue weighted by atomic mass is 9.99. The Morgan fingerprint density at radius 1 is 0.647 bits per heavy atom. The van der Waals surface area contributed by atoms with Crippen molar-refractivity contribution in [1.82, 2.24) is 5.32 Å². The highest BCUT2D eigenvalue weighted by molar-refractivity contribution is 6.09. The molecule has 0 radical (unpaired) electrons. The predicted octanol–water partition coefficient (Wildman–Crippen LogP) is 6.22. The van der Waals surface area contributed by atoms with E-state index >= 15 is 0 Å². The molecule has 0 aliphatic rings. The minimum absolute atomic E-state index is 0.156. The fourth-order valence-electron chi connectivity index (χ4n) is 3.96. The van der Waals surface area contributed by atoms with Gasteiger partial charge in [0, 0.05) is 5.56 Å². The van der Waals surface area contributed by atoms with Crippen molar-refractivity contribution in [1.29, 1.82) is 0 Å². The van der Waals surface area contributed by atoms with Crippen molar-refractivity contribution >= 4 is 17.5 Å². The quantitative estimate of drug-likeness (QED) is 0.336. The molecule has 0 spiro atoms. The van der Waals surface area contributed by atoms with Crippen molar-refractivity contribution in [3.05, 3.63) is 137 Å². The predicted molar refractivity (Wildman–Crippen MR) is 137 cm³/mol. The van der Waals surface area contributed by atoms with E-state index in [9.17, 15) is 9.59 Å². The third-order valence-electron chi connectivity index (χ3n) is 5.85. The van der Waals surface area contributed by atoms with E-state index in [-0.39, 0.29) is 17.9 Å². The summed E-state index contributed by atoms with van der Waals surface area (Å²) in [7, 11) is 0. The van der Waals surface area contributed by atoms with E-state index in [1.54, 1.807) is 18.2 Å². The van der Waals surface area contributed by atoms with E-state index < -0.39 is 0 Å². The van der Waals surface area contributed by atoms with Gasteiger partial charge in [-0.25, -0.2) is 0 Å². The Hall–Kier alpha value is -4.18. The van der Waals surface area contributed by atoms with Crippen LogP contribution in [0.3, 0.4) is 0 Å². The first-order valence-corrected chi connectivity index (χ1v) is 11.5. The molecule has 2 N–H and O–H groups in total. The smallest absolute Gasteiger partial charge is 0.255 e. The minimum atomic E-state index is -0.232. The van der Waals surface area contributed by atoms with Gasteiger partial charge in [-0.2, -0.15) is 0 Å². The number of hydrogen-bond donors (Lipinski definition) is 2. The maximum atomic E-state index is 13.2. The summed E-state index contributed by atoms with van der Waals surface area (Å²) < 4.78 is 0. The van der Waals surface area contributed by atoms with Crippen LogP contribution in [0.4, 0.5) is 5.69 Å². The highest BCUT2D eigenvalue weighted by Crippen LogP contribution is 2.20. The molecule has 34 heavy (non-hydrogen) atoms. The van der Waals surface area contributed by atoms with Gasteiger partial charge in [-0.3, -0.25) is 9.59 Å². The van der Waals surface area contributed by atoms with Gasteiger partial charge in [-0.05, 0) is 54.7 Å². The molecule has 0 fully saturated rings. The number of carbonyl (C=O) groups excluding carboxylic acids is 2. The minimum Gasteiger partial charge on any atom is -0.345 e. The molecular weight excluding hydrogens is 420 g/mol. The van der Waals surface area contributed by atoms with Gasteiger partial charge in [0.15, 0.2) is 0 Å². The second-order valence-corrected chi connectivity index (χ2v) is 8.25. The molecule has 4 rings (SSSR count). The van der Waals surface area contributed by atoms with Gasteiger partial charge in [0.2, 0.25) is 0 Å². The first kappa shape index (κ1) is 23.0. The lowest BCUT2D eigenvalue weighted by Crippen LogP contribution is -2.28. The first-order valence-electron chi connectivity index (χ1n) is 11.5. The van der Waals surface area contributed by atoms with E-state index in [0.717, 1.165) is 24.0 Å². The van der Waals surface area contributed by atoms with Crippen LogP contribution in [0.1, 0.15) is 50.4 Å². The fraction of sp³-hybridized carbons (Fsp3) is 0.133. The summed E-state index contributed by atoms with van der Waals surface area (Å²) in [4.78, 5) is 26.3. The van der Waals surface area contributed by atoms with E-state index in [1.807, 2.05) is 85.8 Å². The molecule has 0 unspecified atom stereocenters. The van der Waals surface area contributed by atoms with Crippen LogP contribution in [0.15, 0.2) is 109 Å². The summed E-state index contributed by atoms with van der Waals surface area (Å²) in [6.07, 6.45) is 1.60. The van der Waals surface area contributed by atoms with E-state index in [2.05, 4.69) is 22.8 Å². The molecule has 0 bridgehead atoms. The number of nitrogens with one attached hydrogen (secondary N) is 2. The number of benzene rings is 4. The molecule has 0 aliphatic heterocycles. The Kier molecular flexibility index (Phi) is 7.51. The van der Waals surface area contributed by atoms with Crippen molar-refractivity contribution < 1.29 is 9.59 Å². The second kappa shape index (κ2) is 11.1. The molecule has 1 atom stereocenters. The van der Waals surface area contributed by atoms with Gasteiger partial charge in [0.1, 0.15) is 0 Å². The van der Waals surface area contributed by atoms with Crippen molar-refractivity contribution in [3.63, 3.8) is 0 Å². The van der Waals surface area contributed by atoms with E-state index in [0.29, 0.717) is 16.8 Å². The topological polar surface area (TPSA) is 58.2 Å². The maximum absolute atomic E-state index is 13.2. The molecule has 4 aromatic rings. The summed E-state index contributed by atoms with van der Waals surface area (Å²) >= 11 is 0. The fourth-order valence-corrected chi connectivity index (χ4v) is 3.96. The largest absolute Gasteiger partial charge is 0.345 e. The summed E-state index contributed by atoms with van der Waals surface area (Å²) in [5.41, 5.74) is 4.76. The maximum Gasteiger partial charge on any atom is 0.255 e. The molecule has 0 heterocycles. The number of amides is 2. The molecule has 0 saturated carbocycles. The zero-order valence-corrected chi connectivity index (χ0v) is 19.2. The molecule has 0 aromatic heterocycles. The van der Waals surface area contributed by atoms with Gasteiger partial charge < -0.3 is 10.6 Å². The highest BCUT2D eigenvalue weighted by Gasteiger charge is 2.18. The van der Waals surface area contributed by atoms with Crippen molar-refractivity contribution in [3.8, 4) is 0 Å². The Labute approximate surface area is 200 Å². The third-order valence-corrected chi connectivity index (χ3v) is 5.85. The lowest BCUT2D eigenvalue weighted by Gasteiger charge is -2.17. The SMILES string of the molecule is C[C@@H](NC(=O)c1ccccc1NC(=O)c1ccccc1CCc1ccccc1)c1ccccc1. The zero-order chi connectivity index (χ0) is 23.8. The third kappa shape index (κ3) is 5.78. The summed E-state index contributed by atoms with van der Waals surface area (Å²) in [6.45, 7) is 1.94. The first-order chi connectivity index (χ1) is 16.6. The molecule has 0 saturated heterocycles. The van der Waals surface area contributed by atoms with Crippen LogP contribution in [0.2, 0.25) is 0 Å². The number of carbonyl (C=O) groups is 2. The summed E-state index contributed by atoms with van der Waals surface area (Å²) in [5, 5.41) is 5.99. The monoisotopic (exact) mass is 448 g/mol. The Morgan fingerprint density at radius 2 is 1.24 bits per heavy atom. The molecule has 4 nitrogen and oxygen atoms in total. The average Bonchev–Trinajstić information content (AvgIpc) is 2.89. The molecule has 170 valence electrons. The van der Waals surface area contributed by atoms with Crippen LogP contribution in [0, 0.1) is 0 Å². The molecule has 0 aliphatic carbocycles. The number of hydrogen-bond acceptors (Lipinski definition) is 2. The Bertz CT molecular complexity index is 1250. The molecule has 2 amide bonds. The van der Waals surface area contributed by atoms with Crippen molar-refractivity contribution in [2.75, 3.05) is 5.32 Å². The average molecular weight is 449 g/mol. The molecule has 4 aromatic carbocycles. The Morgan fingerprint density at radius 3 is 1.97 bits per heavy atom. The Balaban J connectivity index is 1.48. The van der Waals surface area contributed by atoms with Gasteiger partial charge >= 0.3 is 0 Å². The van der Waals surface area contributed by atoms with E-state index in [4.69, 9.17) is 0 Å². The van der Waals surface area contributed by atoms with Crippen LogP contribution < -0.4 is 10.6 Å². The van der Waals surface area contributed by atoms with Crippen LogP contribution in [-0.2, 0) is 12.8 Å². The number of para-hydroxylation sites is 1. The number of aryl methyl sites for hydroxylation is 2. The lowest BCUT2D eigenvalue weighted by molar-refractivity contribution is 0.0940. The van der Waals surface area contributed by atoms with Gasteiger partial charge in [0.05, 0.1) is 17.3 Å². The van der Waals surface area contributed by atoms with Crippen molar-refractivity contribution in [2.45, 2.75) is 25.8 Å². The zero-order valence-electron chi connectivity index (χ0n) is 19.2. The number of anilines is 1. The van der Waals surface area contributed by atoms with Crippen LogP contribution in [0.5, 0.6) is 0 Å². The molecular formula is C30H28N2O2. The second-order valence-electron chi connectivity index (χ2n) is 8.25. The van der Waals surface area contributed by atoms with Crippen LogP contribution in [0.25, 0.3) is 0 Å². The van der Waals surface area contributed by atoms with Crippen LogP contribution in [-0.4, -0.2) is 11.8 Å². The van der Waals surface area contributed by atoms with Crippen LogP contribution >= 0.6 is 0 Å². The van der Waals surface area contributed by atoms with Gasteiger partial charge in [-0.15, -0.1) is 0 Å². The van der Waals surface area contributed by atoms with Gasteiger partial charge in [0.25, 0.3) is 11.8 Å². The highest BCUT2D eigenvalue weighted by atomic mass is 16.2. The standard InChI is InChI=1S/C30H28N2O2/c1-22(24-14-6-3-7-15-24)31-30(34)27-18-10-11-19-28(27)32-29(33)26-17-9-8-16-25(26)21-20-23-12-4-2-5-13-23/h2-19,22H,20-21H2,1H3,(H,31,34)(H,32,33)/t22-/m1/s1. The summed E-state index contributed by atoms with van der Waals surface area (Å²) in [6, 6.07) is 34.6. The molecule has 4 heteroatoms.